The molecule has 0 fully saturated rings. The SMILES string of the molecule is CCN=c1scc(-c2cccs2)n1N=C1C(=O)N(C)c2ccccc21. The molecule has 2 aromatic heterocycles. The molecule has 0 saturated heterocycles. The number of likely N-dealkylation sites (N-methyl/N-ethyl adjacent to an activating group) is 1. The zero-order valence-electron chi connectivity index (χ0n) is 13.8. The van der Waals surface area contributed by atoms with Crippen LogP contribution in [0, 0.1) is 0 Å². The van der Waals surface area contributed by atoms with Crippen molar-refractivity contribution in [2.45, 2.75) is 6.92 Å². The van der Waals surface area contributed by atoms with Crippen LogP contribution < -0.4 is 9.70 Å². The Labute approximate surface area is 153 Å². The molecule has 7 heteroatoms. The van der Waals surface area contributed by atoms with Gasteiger partial charge < -0.3 is 4.90 Å². The predicted octanol–water partition coefficient (Wildman–Crippen LogP) is 3.43. The molecule has 1 amide bonds. The molecule has 0 atom stereocenters. The number of nitrogens with zero attached hydrogens (tertiary/aromatic N) is 4. The number of anilines is 1. The average molecular weight is 368 g/mol. The second kappa shape index (κ2) is 6.42. The molecule has 0 bridgehead atoms. The molecule has 0 spiro atoms. The number of para-hydroxylation sites is 1. The van der Waals surface area contributed by atoms with Crippen LogP contribution in [0.25, 0.3) is 10.6 Å². The van der Waals surface area contributed by atoms with E-state index in [4.69, 9.17) is 5.10 Å². The lowest BCUT2D eigenvalue weighted by Gasteiger charge is -2.07. The monoisotopic (exact) mass is 368 g/mol. The number of hydrogen-bond acceptors (Lipinski definition) is 5. The van der Waals surface area contributed by atoms with Crippen molar-refractivity contribution in [3.63, 3.8) is 0 Å². The van der Waals surface area contributed by atoms with Gasteiger partial charge in [0.15, 0.2) is 5.71 Å². The van der Waals surface area contributed by atoms with Gasteiger partial charge in [-0.25, -0.2) is 4.68 Å². The summed E-state index contributed by atoms with van der Waals surface area (Å²) in [4.78, 5) is 20.8. The number of fused-ring (bicyclic) bond motifs is 1. The van der Waals surface area contributed by atoms with Crippen LogP contribution in [0.2, 0.25) is 0 Å². The highest BCUT2D eigenvalue weighted by Gasteiger charge is 2.31. The van der Waals surface area contributed by atoms with E-state index in [1.807, 2.05) is 48.0 Å². The molecular formula is C18H16N4OS2. The van der Waals surface area contributed by atoms with Crippen molar-refractivity contribution in [2.75, 3.05) is 18.5 Å². The minimum atomic E-state index is -0.0977. The Kier molecular flexibility index (Phi) is 4.10. The first-order valence-electron chi connectivity index (χ1n) is 7.92. The summed E-state index contributed by atoms with van der Waals surface area (Å²) in [6.07, 6.45) is 0. The van der Waals surface area contributed by atoms with Crippen LogP contribution in [0.15, 0.2) is 57.3 Å². The molecular weight excluding hydrogens is 352 g/mol. The van der Waals surface area contributed by atoms with Gasteiger partial charge in [-0.15, -0.1) is 22.7 Å². The van der Waals surface area contributed by atoms with Crippen molar-refractivity contribution in [1.82, 2.24) is 4.68 Å². The minimum absolute atomic E-state index is 0.0977. The molecule has 5 nitrogen and oxygen atoms in total. The smallest absolute Gasteiger partial charge is 0.279 e. The lowest BCUT2D eigenvalue weighted by atomic mass is 10.1. The first-order valence-corrected chi connectivity index (χ1v) is 9.68. The molecule has 25 heavy (non-hydrogen) atoms. The zero-order valence-corrected chi connectivity index (χ0v) is 15.5. The predicted molar refractivity (Wildman–Crippen MR) is 104 cm³/mol. The summed E-state index contributed by atoms with van der Waals surface area (Å²) in [5.41, 5.74) is 3.15. The fourth-order valence-corrected chi connectivity index (χ4v) is 4.47. The Bertz CT molecular complexity index is 1030. The van der Waals surface area contributed by atoms with Crippen molar-refractivity contribution >= 4 is 40.0 Å². The topological polar surface area (TPSA) is 50.0 Å². The van der Waals surface area contributed by atoms with Gasteiger partial charge >= 0.3 is 0 Å². The quantitative estimate of drug-likeness (QED) is 0.699. The Morgan fingerprint density at radius 2 is 1.96 bits per heavy atom. The van der Waals surface area contributed by atoms with Crippen LogP contribution in [0.5, 0.6) is 0 Å². The normalized spacial score (nSPS) is 16.1. The van der Waals surface area contributed by atoms with Gasteiger partial charge in [0.1, 0.15) is 0 Å². The van der Waals surface area contributed by atoms with Crippen molar-refractivity contribution in [1.29, 1.82) is 0 Å². The van der Waals surface area contributed by atoms with Crippen LogP contribution in [0.4, 0.5) is 5.69 Å². The third-order valence-electron chi connectivity index (χ3n) is 3.98. The summed E-state index contributed by atoms with van der Waals surface area (Å²) in [6, 6.07) is 11.8. The first kappa shape index (κ1) is 16.0. The number of thiophene rings is 1. The minimum Gasteiger partial charge on any atom is -0.309 e. The van der Waals surface area contributed by atoms with Crippen LogP contribution in [-0.4, -0.2) is 29.9 Å². The molecule has 1 aliphatic rings. The van der Waals surface area contributed by atoms with E-state index in [0.29, 0.717) is 12.3 Å². The molecule has 3 heterocycles. The van der Waals surface area contributed by atoms with E-state index < -0.39 is 0 Å². The number of amides is 1. The van der Waals surface area contributed by atoms with Crippen molar-refractivity contribution in [3.8, 4) is 10.6 Å². The second-order valence-corrected chi connectivity index (χ2v) is 7.28. The van der Waals surface area contributed by atoms with Gasteiger partial charge in [0.25, 0.3) is 5.91 Å². The summed E-state index contributed by atoms with van der Waals surface area (Å²) in [5, 5.41) is 8.80. The first-order chi connectivity index (χ1) is 12.2. The average Bonchev–Trinajstić information content (AvgIpc) is 3.33. The van der Waals surface area contributed by atoms with Gasteiger partial charge in [-0.05, 0) is 24.4 Å². The molecule has 126 valence electrons. The number of hydrogen-bond donors (Lipinski definition) is 0. The van der Waals surface area contributed by atoms with E-state index in [9.17, 15) is 4.79 Å². The third kappa shape index (κ3) is 2.65. The zero-order chi connectivity index (χ0) is 17.4. The molecule has 0 N–H and O–H groups in total. The Morgan fingerprint density at radius 1 is 1.12 bits per heavy atom. The van der Waals surface area contributed by atoms with E-state index in [1.165, 1.54) is 11.3 Å². The number of benzene rings is 1. The van der Waals surface area contributed by atoms with Crippen molar-refractivity contribution in [2.24, 2.45) is 10.1 Å². The lowest BCUT2D eigenvalue weighted by Crippen LogP contribution is -2.27. The lowest BCUT2D eigenvalue weighted by molar-refractivity contribution is -0.112. The highest BCUT2D eigenvalue weighted by atomic mass is 32.1. The molecule has 3 aromatic rings. The molecule has 0 unspecified atom stereocenters. The van der Waals surface area contributed by atoms with E-state index in [-0.39, 0.29) is 5.91 Å². The molecule has 4 rings (SSSR count). The number of carbonyl (C=O) groups is 1. The van der Waals surface area contributed by atoms with Crippen molar-refractivity contribution < 1.29 is 4.79 Å². The molecule has 0 saturated carbocycles. The largest absolute Gasteiger partial charge is 0.309 e. The van der Waals surface area contributed by atoms with Crippen LogP contribution in [0.1, 0.15) is 12.5 Å². The van der Waals surface area contributed by atoms with Gasteiger partial charge in [0.2, 0.25) is 4.80 Å². The highest BCUT2D eigenvalue weighted by molar-refractivity contribution is 7.14. The molecule has 0 radical (unpaired) electrons. The maximum atomic E-state index is 12.7. The maximum absolute atomic E-state index is 12.7. The second-order valence-electron chi connectivity index (χ2n) is 5.50. The summed E-state index contributed by atoms with van der Waals surface area (Å²) in [5.74, 6) is -0.0977. The Balaban J connectivity index is 1.94. The summed E-state index contributed by atoms with van der Waals surface area (Å²) in [6.45, 7) is 2.66. The molecule has 1 aliphatic heterocycles. The van der Waals surface area contributed by atoms with Crippen LogP contribution >= 0.6 is 22.7 Å². The van der Waals surface area contributed by atoms with E-state index >= 15 is 0 Å². The van der Waals surface area contributed by atoms with Crippen molar-refractivity contribution in [3.05, 3.63) is 57.5 Å². The van der Waals surface area contributed by atoms with Gasteiger partial charge in [-0.3, -0.25) is 9.79 Å². The van der Waals surface area contributed by atoms with Gasteiger partial charge in [-0.1, -0.05) is 24.3 Å². The fraction of sp³-hybridized carbons (Fsp3) is 0.167. The van der Waals surface area contributed by atoms with E-state index in [2.05, 4.69) is 11.1 Å². The van der Waals surface area contributed by atoms with Gasteiger partial charge in [0, 0.05) is 24.5 Å². The molecule has 1 aromatic carbocycles. The maximum Gasteiger partial charge on any atom is 0.279 e. The molecule has 0 aliphatic carbocycles. The third-order valence-corrected chi connectivity index (χ3v) is 5.73. The van der Waals surface area contributed by atoms with Crippen LogP contribution in [-0.2, 0) is 4.79 Å². The Hall–Kier alpha value is -2.51. The van der Waals surface area contributed by atoms with E-state index in [1.54, 1.807) is 28.0 Å². The number of aromatic nitrogens is 1. The summed E-state index contributed by atoms with van der Waals surface area (Å²) in [7, 11) is 1.78. The highest BCUT2D eigenvalue weighted by Crippen LogP contribution is 2.29. The standard InChI is InChI=1S/C18H16N4OS2/c1-3-19-18-22(14(11-25-18)15-9-6-10-24-15)20-16-12-7-4-5-8-13(12)21(2)17(16)23/h4-11H,3H2,1-2H3. The van der Waals surface area contributed by atoms with E-state index in [0.717, 1.165) is 26.6 Å². The number of rotatable bonds is 3. The van der Waals surface area contributed by atoms with Gasteiger partial charge in [0.05, 0.1) is 16.3 Å². The fourth-order valence-electron chi connectivity index (χ4n) is 2.78. The number of carbonyl (C=O) groups excluding carboxylic acids is 1. The van der Waals surface area contributed by atoms with Gasteiger partial charge in [-0.2, -0.15) is 5.10 Å². The number of thiazole rings is 1. The summed E-state index contributed by atoms with van der Waals surface area (Å²) < 4.78 is 1.79. The Morgan fingerprint density at radius 3 is 2.72 bits per heavy atom. The summed E-state index contributed by atoms with van der Waals surface area (Å²) >= 11 is 3.18. The van der Waals surface area contributed by atoms with Crippen LogP contribution in [0.3, 0.4) is 0 Å².